The molecule has 0 aliphatic rings. The fraction of sp³-hybridized carbons (Fsp3) is 0.375. The highest BCUT2D eigenvalue weighted by Crippen LogP contribution is 2.34. The van der Waals surface area contributed by atoms with Crippen molar-refractivity contribution >= 4 is 15.9 Å². The summed E-state index contributed by atoms with van der Waals surface area (Å²) in [6.07, 6.45) is 0.836. The van der Waals surface area contributed by atoms with E-state index in [9.17, 15) is 4.39 Å². The molecule has 2 aromatic rings. The number of hydrogen-bond acceptors (Lipinski definition) is 3. The van der Waals surface area contributed by atoms with Crippen LogP contribution in [-0.4, -0.2) is 13.7 Å². The van der Waals surface area contributed by atoms with E-state index in [1.165, 1.54) is 13.2 Å². The van der Waals surface area contributed by atoms with Crippen molar-refractivity contribution in [2.24, 2.45) is 0 Å². The molecule has 0 saturated carbocycles. The van der Waals surface area contributed by atoms with E-state index < -0.39 is 0 Å². The lowest BCUT2D eigenvalue weighted by molar-refractivity contribution is 0.385. The Kier molecular flexibility index (Phi) is 5.42. The molecule has 2 rings (SSSR count). The maximum absolute atomic E-state index is 13.7. The third-order valence-electron chi connectivity index (χ3n) is 3.31. The molecule has 1 aromatic heterocycles. The maximum atomic E-state index is 13.7. The second kappa shape index (κ2) is 7.09. The highest BCUT2D eigenvalue weighted by molar-refractivity contribution is 9.10. The van der Waals surface area contributed by atoms with E-state index in [4.69, 9.17) is 9.15 Å². The maximum Gasteiger partial charge on any atom is 0.141 e. The molecule has 21 heavy (non-hydrogen) atoms. The molecule has 0 bridgehead atoms. The van der Waals surface area contributed by atoms with Gasteiger partial charge in [-0.05, 0) is 40.7 Å². The van der Waals surface area contributed by atoms with Crippen LogP contribution < -0.4 is 10.1 Å². The predicted molar refractivity (Wildman–Crippen MR) is 84.3 cm³/mol. The van der Waals surface area contributed by atoms with Gasteiger partial charge in [0.1, 0.15) is 23.1 Å². The molecule has 1 heterocycles. The Labute approximate surface area is 132 Å². The van der Waals surface area contributed by atoms with Crippen LogP contribution in [0.2, 0.25) is 0 Å². The van der Waals surface area contributed by atoms with E-state index in [0.29, 0.717) is 10.2 Å². The minimum Gasteiger partial charge on any atom is -0.496 e. The summed E-state index contributed by atoms with van der Waals surface area (Å²) in [5, 5.41) is 3.36. The first-order valence-electron chi connectivity index (χ1n) is 6.95. The third-order valence-corrected chi connectivity index (χ3v) is 3.92. The molecule has 3 nitrogen and oxygen atoms in total. The molecular weight excluding hydrogens is 337 g/mol. The summed E-state index contributed by atoms with van der Waals surface area (Å²) in [4.78, 5) is 0. The summed E-state index contributed by atoms with van der Waals surface area (Å²) < 4.78 is 25.3. The second-order valence-corrected chi connectivity index (χ2v) is 5.51. The zero-order valence-corrected chi connectivity index (χ0v) is 14.0. The normalized spacial score (nSPS) is 12.4. The molecule has 1 atom stereocenters. The van der Waals surface area contributed by atoms with Gasteiger partial charge in [0.15, 0.2) is 0 Å². The zero-order chi connectivity index (χ0) is 15.4. The van der Waals surface area contributed by atoms with Crippen LogP contribution in [0.15, 0.2) is 33.2 Å². The Morgan fingerprint density at radius 3 is 2.67 bits per heavy atom. The number of hydrogen-bond donors (Lipinski definition) is 1. The quantitative estimate of drug-likeness (QED) is 0.830. The Morgan fingerprint density at radius 1 is 1.33 bits per heavy atom. The van der Waals surface area contributed by atoms with Gasteiger partial charge in [-0.3, -0.25) is 0 Å². The molecule has 0 amide bonds. The summed E-state index contributed by atoms with van der Waals surface area (Å²) in [5.74, 6) is 1.87. The first-order valence-corrected chi connectivity index (χ1v) is 7.74. The van der Waals surface area contributed by atoms with Crippen LogP contribution >= 0.6 is 15.9 Å². The molecule has 5 heteroatoms. The van der Waals surface area contributed by atoms with Gasteiger partial charge in [-0.1, -0.05) is 13.8 Å². The number of aryl methyl sites for hydroxylation is 1. The Hall–Kier alpha value is -1.33. The smallest absolute Gasteiger partial charge is 0.141 e. The first kappa shape index (κ1) is 16.0. The van der Waals surface area contributed by atoms with E-state index in [0.717, 1.165) is 30.0 Å². The standard InChI is InChI=1S/C16H19BrFNO2/c1-4-10-6-7-14(21-10)16(19-5-2)11-8-12(17)13(18)9-15(11)20-3/h6-9,16,19H,4-5H2,1-3H3. The van der Waals surface area contributed by atoms with Crippen molar-refractivity contribution in [2.75, 3.05) is 13.7 Å². The highest BCUT2D eigenvalue weighted by atomic mass is 79.9. The van der Waals surface area contributed by atoms with Gasteiger partial charge in [0.2, 0.25) is 0 Å². The molecule has 0 aliphatic carbocycles. The number of ether oxygens (including phenoxy) is 1. The number of methoxy groups -OCH3 is 1. The van der Waals surface area contributed by atoms with Gasteiger partial charge >= 0.3 is 0 Å². The number of furan rings is 1. The summed E-state index contributed by atoms with van der Waals surface area (Å²) in [6, 6.07) is 6.85. The van der Waals surface area contributed by atoms with E-state index in [2.05, 4.69) is 21.2 Å². The molecule has 0 saturated heterocycles. The van der Waals surface area contributed by atoms with Crippen LogP contribution in [0, 0.1) is 5.82 Å². The minimum absolute atomic E-state index is 0.179. The van der Waals surface area contributed by atoms with E-state index in [1.54, 1.807) is 6.07 Å². The minimum atomic E-state index is -0.348. The molecule has 1 unspecified atom stereocenters. The number of nitrogens with one attached hydrogen (secondary N) is 1. The fourth-order valence-corrected chi connectivity index (χ4v) is 2.62. The van der Waals surface area contributed by atoms with Crippen LogP contribution in [0.5, 0.6) is 5.75 Å². The lowest BCUT2D eigenvalue weighted by atomic mass is 10.0. The van der Waals surface area contributed by atoms with E-state index >= 15 is 0 Å². The summed E-state index contributed by atoms with van der Waals surface area (Å²) in [6.45, 7) is 4.81. The highest BCUT2D eigenvalue weighted by Gasteiger charge is 2.22. The predicted octanol–water partition coefficient (Wildman–Crippen LogP) is 4.45. The van der Waals surface area contributed by atoms with Gasteiger partial charge in [-0.2, -0.15) is 0 Å². The van der Waals surface area contributed by atoms with E-state index in [1.807, 2.05) is 26.0 Å². The topological polar surface area (TPSA) is 34.4 Å². The molecule has 114 valence electrons. The molecule has 1 aromatic carbocycles. The summed E-state index contributed by atoms with van der Waals surface area (Å²) >= 11 is 3.23. The molecule has 0 spiro atoms. The Morgan fingerprint density at radius 2 is 2.10 bits per heavy atom. The van der Waals surface area contributed by atoms with Gasteiger partial charge in [0.25, 0.3) is 0 Å². The van der Waals surface area contributed by atoms with Crippen molar-refractivity contribution in [3.63, 3.8) is 0 Å². The van der Waals surface area contributed by atoms with Crippen molar-refractivity contribution < 1.29 is 13.5 Å². The average molecular weight is 356 g/mol. The molecule has 1 N–H and O–H groups in total. The lowest BCUT2D eigenvalue weighted by Crippen LogP contribution is -2.22. The van der Waals surface area contributed by atoms with Gasteiger partial charge in [0, 0.05) is 18.1 Å². The Balaban J connectivity index is 2.49. The van der Waals surface area contributed by atoms with Crippen LogP contribution in [0.3, 0.4) is 0 Å². The van der Waals surface area contributed by atoms with Gasteiger partial charge < -0.3 is 14.5 Å². The molecule has 0 fully saturated rings. The number of benzene rings is 1. The lowest BCUT2D eigenvalue weighted by Gasteiger charge is -2.19. The summed E-state index contributed by atoms with van der Waals surface area (Å²) in [5.41, 5.74) is 0.838. The van der Waals surface area contributed by atoms with Crippen molar-refractivity contribution in [3.05, 3.63) is 51.6 Å². The fourth-order valence-electron chi connectivity index (χ4n) is 2.25. The van der Waals surface area contributed by atoms with Crippen LogP contribution in [-0.2, 0) is 6.42 Å². The number of halogens is 2. The van der Waals surface area contributed by atoms with Gasteiger partial charge in [0.05, 0.1) is 17.6 Å². The van der Waals surface area contributed by atoms with Crippen molar-refractivity contribution in [1.29, 1.82) is 0 Å². The van der Waals surface area contributed by atoms with Crippen molar-refractivity contribution in [3.8, 4) is 5.75 Å². The second-order valence-electron chi connectivity index (χ2n) is 4.66. The zero-order valence-electron chi connectivity index (χ0n) is 12.4. The van der Waals surface area contributed by atoms with Crippen LogP contribution in [0.25, 0.3) is 0 Å². The average Bonchev–Trinajstić information content (AvgIpc) is 2.96. The summed E-state index contributed by atoms with van der Waals surface area (Å²) in [7, 11) is 1.54. The van der Waals surface area contributed by atoms with Crippen molar-refractivity contribution in [2.45, 2.75) is 26.3 Å². The van der Waals surface area contributed by atoms with Crippen LogP contribution in [0.4, 0.5) is 4.39 Å². The largest absolute Gasteiger partial charge is 0.496 e. The molecule has 0 radical (unpaired) electrons. The van der Waals surface area contributed by atoms with Gasteiger partial charge in [-0.15, -0.1) is 0 Å². The monoisotopic (exact) mass is 355 g/mol. The third kappa shape index (κ3) is 3.47. The number of rotatable bonds is 6. The van der Waals surface area contributed by atoms with Crippen LogP contribution in [0.1, 0.15) is 37.0 Å². The van der Waals surface area contributed by atoms with E-state index in [-0.39, 0.29) is 11.9 Å². The molecular formula is C16H19BrFNO2. The SMILES string of the molecule is CCNC(c1ccc(CC)o1)c1cc(Br)c(F)cc1OC. The Bertz CT molecular complexity index is 612. The van der Waals surface area contributed by atoms with Gasteiger partial charge in [-0.25, -0.2) is 4.39 Å². The van der Waals surface area contributed by atoms with Crippen molar-refractivity contribution in [1.82, 2.24) is 5.32 Å². The molecule has 0 aliphatic heterocycles. The first-order chi connectivity index (χ1) is 10.1.